The van der Waals surface area contributed by atoms with E-state index in [2.05, 4.69) is 5.32 Å². The molecule has 0 aliphatic carbocycles. The average Bonchev–Trinajstić information content (AvgIpc) is 2.75. The summed E-state index contributed by atoms with van der Waals surface area (Å²) in [6, 6.07) is 12.6. The van der Waals surface area contributed by atoms with Crippen molar-refractivity contribution in [1.29, 1.82) is 5.26 Å². The third kappa shape index (κ3) is 7.66. The van der Waals surface area contributed by atoms with Crippen LogP contribution < -0.4 is 11.1 Å². The number of sulfonamides is 1. The van der Waals surface area contributed by atoms with Crippen LogP contribution in [-0.2, 0) is 26.2 Å². The van der Waals surface area contributed by atoms with Crippen LogP contribution in [0, 0.1) is 17.1 Å². The first-order valence-electron chi connectivity index (χ1n) is 10.3. The summed E-state index contributed by atoms with van der Waals surface area (Å²) >= 11 is 0. The van der Waals surface area contributed by atoms with Gasteiger partial charge in [0.2, 0.25) is 21.8 Å². The van der Waals surface area contributed by atoms with E-state index in [-0.39, 0.29) is 25.2 Å². The maximum atomic E-state index is 13.5. The fourth-order valence-electron chi connectivity index (χ4n) is 3.39. The summed E-state index contributed by atoms with van der Waals surface area (Å²) < 4.78 is 39.7. The number of carbonyl (C=O) groups excluding carboxylic acids is 2. The minimum atomic E-state index is -3.81. The van der Waals surface area contributed by atoms with Crippen LogP contribution in [0.3, 0.4) is 0 Å². The molecule has 2 rings (SSSR count). The summed E-state index contributed by atoms with van der Waals surface area (Å²) in [5.74, 6) is -1.79. The molecule has 33 heavy (non-hydrogen) atoms. The first-order valence-corrected chi connectivity index (χ1v) is 12.2. The van der Waals surface area contributed by atoms with Crippen LogP contribution in [0.5, 0.6) is 0 Å². The van der Waals surface area contributed by atoms with Crippen LogP contribution >= 0.6 is 0 Å². The molecule has 0 aliphatic heterocycles. The molecule has 2 atom stereocenters. The number of benzene rings is 2. The van der Waals surface area contributed by atoms with Crippen molar-refractivity contribution in [3.63, 3.8) is 0 Å². The van der Waals surface area contributed by atoms with Crippen molar-refractivity contribution in [2.24, 2.45) is 5.73 Å². The summed E-state index contributed by atoms with van der Waals surface area (Å²) in [5, 5.41) is 11.6. The SMILES string of the molecule is CCC[C@@H](C(=O)N[C@H](C#N)CC(N)=O)N(Cc1ccc(-c2cccc(F)c2)cc1)S(C)(=O)=O. The Morgan fingerprint density at radius 3 is 2.36 bits per heavy atom. The number of primary amides is 1. The Morgan fingerprint density at radius 2 is 1.85 bits per heavy atom. The Kier molecular flexibility index (Phi) is 9.08. The van der Waals surface area contributed by atoms with Gasteiger partial charge >= 0.3 is 0 Å². The lowest BCUT2D eigenvalue weighted by atomic mass is 10.0. The zero-order valence-corrected chi connectivity index (χ0v) is 19.3. The molecule has 0 aromatic heterocycles. The van der Waals surface area contributed by atoms with Crippen LogP contribution in [0.1, 0.15) is 31.7 Å². The van der Waals surface area contributed by atoms with E-state index < -0.39 is 33.9 Å². The minimum Gasteiger partial charge on any atom is -0.370 e. The number of nitriles is 1. The average molecular weight is 475 g/mol. The van der Waals surface area contributed by atoms with E-state index in [1.54, 1.807) is 49.4 Å². The van der Waals surface area contributed by atoms with E-state index in [1.165, 1.54) is 12.1 Å². The van der Waals surface area contributed by atoms with Crippen LogP contribution in [0.15, 0.2) is 48.5 Å². The highest BCUT2D eigenvalue weighted by Gasteiger charge is 2.33. The number of nitrogens with one attached hydrogen (secondary N) is 1. The Morgan fingerprint density at radius 1 is 1.18 bits per heavy atom. The molecule has 0 spiro atoms. The van der Waals surface area contributed by atoms with Gasteiger partial charge in [-0.2, -0.15) is 9.57 Å². The molecule has 2 aromatic carbocycles. The highest BCUT2D eigenvalue weighted by atomic mass is 32.2. The van der Waals surface area contributed by atoms with Crippen LogP contribution in [0.4, 0.5) is 4.39 Å². The Hall–Kier alpha value is -3.29. The van der Waals surface area contributed by atoms with Crippen molar-refractivity contribution in [3.05, 3.63) is 59.9 Å². The van der Waals surface area contributed by atoms with E-state index in [0.717, 1.165) is 16.1 Å². The van der Waals surface area contributed by atoms with Crippen LogP contribution in [0.2, 0.25) is 0 Å². The molecule has 2 amide bonds. The second kappa shape index (κ2) is 11.5. The van der Waals surface area contributed by atoms with E-state index in [4.69, 9.17) is 5.73 Å². The smallest absolute Gasteiger partial charge is 0.239 e. The van der Waals surface area contributed by atoms with Gasteiger partial charge in [-0.1, -0.05) is 49.7 Å². The number of carbonyl (C=O) groups is 2. The summed E-state index contributed by atoms with van der Waals surface area (Å²) in [7, 11) is -3.81. The van der Waals surface area contributed by atoms with Gasteiger partial charge in [0.1, 0.15) is 17.9 Å². The number of hydrogen-bond donors (Lipinski definition) is 2. The Labute approximate surface area is 193 Å². The van der Waals surface area contributed by atoms with Crippen molar-refractivity contribution in [2.75, 3.05) is 6.26 Å². The third-order valence-corrected chi connectivity index (χ3v) is 6.20. The monoisotopic (exact) mass is 474 g/mol. The largest absolute Gasteiger partial charge is 0.370 e. The van der Waals surface area contributed by atoms with Crippen LogP contribution in [-0.4, -0.2) is 42.9 Å². The normalized spacial score (nSPS) is 13.2. The van der Waals surface area contributed by atoms with Crippen molar-refractivity contribution in [2.45, 2.75) is 44.8 Å². The third-order valence-electron chi connectivity index (χ3n) is 4.97. The lowest BCUT2D eigenvalue weighted by molar-refractivity contribution is -0.126. The van der Waals surface area contributed by atoms with Gasteiger partial charge in [0, 0.05) is 6.54 Å². The van der Waals surface area contributed by atoms with Gasteiger partial charge < -0.3 is 11.1 Å². The number of amides is 2. The van der Waals surface area contributed by atoms with Crippen molar-refractivity contribution in [3.8, 4) is 17.2 Å². The molecule has 0 saturated carbocycles. The van der Waals surface area contributed by atoms with Gasteiger partial charge in [-0.15, -0.1) is 0 Å². The maximum Gasteiger partial charge on any atom is 0.239 e. The zero-order chi connectivity index (χ0) is 24.6. The van der Waals surface area contributed by atoms with E-state index >= 15 is 0 Å². The highest BCUT2D eigenvalue weighted by Crippen LogP contribution is 2.23. The highest BCUT2D eigenvalue weighted by molar-refractivity contribution is 7.88. The topological polar surface area (TPSA) is 133 Å². The Balaban J connectivity index is 2.28. The van der Waals surface area contributed by atoms with E-state index in [9.17, 15) is 27.7 Å². The molecule has 0 unspecified atom stereocenters. The molecule has 2 aromatic rings. The van der Waals surface area contributed by atoms with Crippen molar-refractivity contribution < 1.29 is 22.4 Å². The summed E-state index contributed by atoms with van der Waals surface area (Å²) in [6.07, 6.45) is 1.36. The van der Waals surface area contributed by atoms with Crippen molar-refractivity contribution >= 4 is 21.8 Å². The molecule has 0 bridgehead atoms. The van der Waals surface area contributed by atoms with Gasteiger partial charge in [0.25, 0.3) is 0 Å². The fraction of sp³-hybridized carbons (Fsp3) is 0.348. The van der Waals surface area contributed by atoms with Gasteiger partial charge in [-0.3, -0.25) is 9.59 Å². The van der Waals surface area contributed by atoms with Crippen molar-refractivity contribution in [1.82, 2.24) is 9.62 Å². The van der Waals surface area contributed by atoms with E-state index in [0.29, 0.717) is 17.5 Å². The first-order chi connectivity index (χ1) is 15.5. The molecule has 0 radical (unpaired) electrons. The lowest BCUT2D eigenvalue weighted by Gasteiger charge is -2.29. The molecule has 0 heterocycles. The predicted molar refractivity (Wildman–Crippen MR) is 122 cm³/mol. The molecule has 0 aliphatic rings. The summed E-state index contributed by atoms with van der Waals surface area (Å²) in [5.41, 5.74) is 7.17. The number of rotatable bonds is 11. The molecular weight excluding hydrogens is 447 g/mol. The number of halogens is 1. The van der Waals surface area contributed by atoms with Crippen LogP contribution in [0.25, 0.3) is 11.1 Å². The standard InChI is InChI=1S/C23H27FN4O4S/c1-3-5-21(23(30)27-20(14-25)13-22(26)29)28(33(2,31)32)15-16-8-10-17(11-9-16)18-6-4-7-19(24)12-18/h4,6-12,20-21H,3,5,13,15H2,1-2H3,(H2,26,29)(H,27,30)/t20-,21-/m0/s1. The molecule has 0 fully saturated rings. The lowest BCUT2D eigenvalue weighted by Crippen LogP contribution is -2.51. The number of nitrogens with zero attached hydrogens (tertiary/aromatic N) is 2. The molecule has 3 N–H and O–H groups in total. The summed E-state index contributed by atoms with van der Waals surface area (Å²) in [6.45, 7) is 1.73. The molecule has 0 saturated heterocycles. The number of nitrogens with two attached hydrogens (primary N) is 1. The fourth-order valence-corrected chi connectivity index (χ4v) is 4.43. The molecular formula is C23H27FN4O4S. The maximum absolute atomic E-state index is 13.5. The zero-order valence-electron chi connectivity index (χ0n) is 18.5. The second-order valence-corrected chi connectivity index (χ2v) is 9.62. The number of hydrogen-bond acceptors (Lipinski definition) is 5. The quantitative estimate of drug-likeness (QED) is 0.516. The second-order valence-electron chi connectivity index (χ2n) is 7.68. The van der Waals surface area contributed by atoms with Gasteiger partial charge in [0.05, 0.1) is 18.7 Å². The molecule has 8 nitrogen and oxygen atoms in total. The van der Waals surface area contributed by atoms with E-state index in [1.807, 2.05) is 0 Å². The molecule has 176 valence electrons. The van der Waals surface area contributed by atoms with Gasteiger partial charge in [0.15, 0.2) is 0 Å². The van der Waals surface area contributed by atoms with Gasteiger partial charge in [-0.05, 0) is 35.2 Å². The summed E-state index contributed by atoms with van der Waals surface area (Å²) in [4.78, 5) is 24.0. The predicted octanol–water partition coefficient (Wildman–Crippen LogP) is 2.31. The first kappa shape index (κ1) is 26.0. The molecule has 10 heteroatoms. The minimum absolute atomic E-state index is 0.0760. The van der Waals surface area contributed by atoms with Gasteiger partial charge in [-0.25, -0.2) is 12.8 Å². The Bertz CT molecular complexity index is 1130.